The van der Waals surface area contributed by atoms with E-state index in [9.17, 15) is 0 Å². The van der Waals surface area contributed by atoms with Crippen LogP contribution in [0.5, 0.6) is 0 Å². The van der Waals surface area contributed by atoms with Gasteiger partial charge in [0.25, 0.3) is 0 Å². The molecule has 3 N–H and O–H groups in total. The summed E-state index contributed by atoms with van der Waals surface area (Å²) >= 11 is 1.65. The van der Waals surface area contributed by atoms with Gasteiger partial charge in [0, 0.05) is 18.0 Å². The van der Waals surface area contributed by atoms with E-state index in [2.05, 4.69) is 41.6 Å². The van der Waals surface area contributed by atoms with Gasteiger partial charge in [-0.15, -0.1) is 0 Å². The van der Waals surface area contributed by atoms with E-state index in [4.69, 9.17) is 5.73 Å². The molecule has 102 valence electrons. The molecule has 0 unspecified atom stereocenters. The predicted molar refractivity (Wildman–Crippen MR) is 85.9 cm³/mol. The van der Waals surface area contributed by atoms with Crippen LogP contribution in [-0.2, 0) is 6.54 Å². The maximum Gasteiger partial charge on any atom is 0.0228 e. The van der Waals surface area contributed by atoms with Gasteiger partial charge in [-0.3, -0.25) is 4.72 Å². The maximum atomic E-state index is 5.57. The van der Waals surface area contributed by atoms with E-state index in [1.165, 1.54) is 10.5 Å². The normalized spacial score (nSPS) is 12.0. The lowest BCUT2D eigenvalue weighted by Gasteiger charge is -2.05. The van der Waals surface area contributed by atoms with Crippen LogP contribution in [0.15, 0.2) is 65.6 Å². The first-order valence-electron chi connectivity index (χ1n) is 6.43. The zero-order valence-corrected chi connectivity index (χ0v) is 12.2. The number of hydrogen-bond acceptors (Lipinski definition) is 3. The zero-order chi connectivity index (χ0) is 13.9. The molecule has 0 atom stereocenters. The summed E-state index contributed by atoms with van der Waals surface area (Å²) in [4.78, 5) is 1.20. The SMILES string of the molecule is C=C/C(=C\C=C/C)CCNSc1ccc(CN)cc1. The molecule has 0 aliphatic rings. The summed E-state index contributed by atoms with van der Waals surface area (Å²) in [5.74, 6) is 0. The molecule has 2 nitrogen and oxygen atoms in total. The van der Waals surface area contributed by atoms with Crippen molar-refractivity contribution in [2.45, 2.75) is 24.8 Å². The molecular formula is C16H22N2S. The highest BCUT2D eigenvalue weighted by atomic mass is 32.2. The Hall–Kier alpha value is -1.29. The minimum absolute atomic E-state index is 0.594. The fraction of sp³-hybridized carbons (Fsp3) is 0.250. The van der Waals surface area contributed by atoms with Gasteiger partial charge in [-0.2, -0.15) is 0 Å². The number of benzene rings is 1. The van der Waals surface area contributed by atoms with Crippen molar-refractivity contribution in [1.29, 1.82) is 0 Å². The van der Waals surface area contributed by atoms with Gasteiger partial charge in [0.1, 0.15) is 0 Å². The van der Waals surface area contributed by atoms with E-state index in [0.717, 1.165) is 18.5 Å². The highest BCUT2D eigenvalue weighted by molar-refractivity contribution is 7.97. The molecule has 0 saturated carbocycles. The standard InChI is InChI=1S/C16H22N2S/c1-3-5-6-14(4-2)11-12-18-19-16-9-7-15(13-17)8-10-16/h3-10,18H,2,11-13,17H2,1H3/b5-3-,14-6+. The summed E-state index contributed by atoms with van der Waals surface area (Å²) in [6, 6.07) is 8.30. The Kier molecular flexibility index (Phi) is 7.98. The molecule has 0 fully saturated rings. The Morgan fingerprint density at radius 1 is 1.37 bits per heavy atom. The van der Waals surface area contributed by atoms with Gasteiger partial charge in [-0.05, 0) is 48.6 Å². The quantitative estimate of drug-likeness (QED) is 0.430. The van der Waals surface area contributed by atoms with Crippen molar-refractivity contribution in [3.05, 3.63) is 66.3 Å². The maximum absolute atomic E-state index is 5.57. The Morgan fingerprint density at radius 3 is 2.68 bits per heavy atom. The molecule has 19 heavy (non-hydrogen) atoms. The Bertz CT molecular complexity index is 433. The number of hydrogen-bond donors (Lipinski definition) is 2. The Morgan fingerprint density at radius 2 is 2.11 bits per heavy atom. The lowest BCUT2D eigenvalue weighted by molar-refractivity contribution is 0.911. The largest absolute Gasteiger partial charge is 0.326 e. The summed E-state index contributed by atoms with van der Waals surface area (Å²) in [5.41, 5.74) is 7.97. The van der Waals surface area contributed by atoms with Gasteiger partial charge in [0.15, 0.2) is 0 Å². The molecule has 3 heteroatoms. The van der Waals surface area contributed by atoms with Gasteiger partial charge in [0.05, 0.1) is 0 Å². The van der Waals surface area contributed by atoms with E-state index in [-0.39, 0.29) is 0 Å². The smallest absolute Gasteiger partial charge is 0.0228 e. The van der Waals surface area contributed by atoms with Crippen LogP contribution in [0.25, 0.3) is 0 Å². The third-order valence-corrected chi connectivity index (χ3v) is 3.49. The van der Waals surface area contributed by atoms with Crippen LogP contribution in [0.2, 0.25) is 0 Å². The average molecular weight is 274 g/mol. The van der Waals surface area contributed by atoms with Gasteiger partial charge < -0.3 is 5.73 Å². The van der Waals surface area contributed by atoms with Crippen molar-refractivity contribution < 1.29 is 0 Å². The molecule has 0 radical (unpaired) electrons. The van der Waals surface area contributed by atoms with E-state index in [1.54, 1.807) is 11.9 Å². The second-order valence-corrected chi connectivity index (χ2v) is 5.03. The lowest BCUT2D eigenvalue weighted by Crippen LogP contribution is -2.05. The molecule has 0 aromatic heterocycles. The van der Waals surface area contributed by atoms with E-state index in [1.807, 2.05) is 25.2 Å². The molecule has 1 rings (SSSR count). The minimum Gasteiger partial charge on any atom is -0.326 e. The lowest BCUT2D eigenvalue weighted by atomic mass is 10.2. The molecule has 0 aliphatic heterocycles. The third-order valence-electron chi connectivity index (χ3n) is 2.63. The molecule has 0 amide bonds. The highest BCUT2D eigenvalue weighted by Gasteiger charge is 1.95. The molecule has 0 heterocycles. The first-order valence-corrected chi connectivity index (χ1v) is 7.24. The Labute approximate surface area is 120 Å². The average Bonchev–Trinajstić information content (AvgIpc) is 2.47. The summed E-state index contributed by atoms with van der Waals surface area (Å²) < 4.78 is 3.35. The van der Waals surface area contributed by atoms with Crippen molar-refractivity contribution in [3.8, 4) is 0 Å². The van der Waals surface area contributed by atoms with Crippen LogP contribution in [-0.4, -0.2) is 6.54 Å². The first kappa shape index (κ1) is 15.8. The number of nitrogens with two attached hydrogens (primary N) is 1. The zero-order valence-electron chi connectivity index (χ0n) is 11.4. The molecule has 0 saturated heterocycles. The highest BCUT2D eigenvalue weighted by Crippen LogP contribution is 2.15. The minimum atomic E-state index is 0.594. The molecule has 0 spiro atoms. The fourth-order valence-corrected chi connectivity index (χ4v) is 2.14. The van der Waals surface area contributed by atoms with Crippen molar-refractivity contribution in [3.63, 3.8) is 0 Å². The van der Waals surface area contributed by atoms with Crippen molar-refractivity contribution in [2.75, 3.05) is 6.54 Å². The molecule has 1 aromatic carbocycles. The Balaban J connectivity index is 2.31. The van der Waals surface area contributed by atoms with E-state index >= 15 is 0 Å². The molecule has 0 aliphatic carbocycles. The van der Waals surface area contributed by atoms with Crippen LogP contribution in [0.1, 0.15) is 18.9 Å². The van der Waals surface area contributed by atoms with Gasteiger partial charge >= 0.3 is 0 Å². The van der Waals surface area contributed by atoms with E-state index in [0.29, 0.717) is 6.54 Å². The number of nitrogens with one attached hydrogen (secondary N) is 1. The first-order chi connectivity index (χ1) is 9.30. The fourth-order valence-electron chi connectivity index (χ4n) is 1.50. The molecule has 1 aromatic rings. The van der Waals surface area contributed by atoms with Gasteiger partial charge in [-0.1, -0.05) is 43.0 Å². The van der Waals surface area contributed by atoms with Crippen molar-refractivity contribution >= 4 is 11.9 Å². The van der Waals surface area contributed by atoms with Crippen LogP contribution in [0.3, 0.4) is 0 Å². The third kappa shape index (κ3) is 6.43. The van der Waals surface area contributed by atoms with Crippen molar-refractivity contribution in [1.82, 2.24) is 4.72 Å². The second-order valence-electron chi connectivity index (χ2n) is 4.07. The summed E-state index contributed by atoms with van der Waals surface area (Å²) in [6.07, 6.45) is 9.03. The van der Waals surface area contributed by atoms with Gasteiger partial charge in [-0.25, -0.2) is 0 Å². The molecular weight excluding hydrogens is 252 g/mol. The van der Waals surface area contributed by atoms with E-state index < -0.39 is 0 Å². The number of allylic oxidation sites excluding steroid dienone is 4. The van der Waals surface area contributed by atoms with Crippen LogP contribution < -0.4 is 10.5 Å². The second kappa shape index (κ2) is 9.62. The van der Waals surface area contributed by atoms with Crippen molar-refractivity contribution in [2.24, 2.45) is 5.73 Å². The summed E-state index contributed by atoms with van der Waals surface area (Å²) in [6.45, 7) is 7.34. The summed E-state index contributed by atoms with van der Waals surface area (Å²) in [7, 11) is 0. The van der Waals surface area contributed by atoms with Gasteiger partial charge in [0.2, 0.25) is 0 Å². The van der Waals surface area contributed by atoms with Crippen LogP contribution in [0, 0.1) is 0 Å². The number of rotatable bonds is 8. The molecule has 0 bridgehead atoms. The van der Waals surface area contributed by atoms with Crippen LogP contribution >= 0.6 is 11.9 Å². The monoisotopic (exact) mass is 274 g/mol. The predicted octanol–water partition coefficient (Wildman–Crippen LogP) is 3.82. The topological polar surface area (TPSA) is 38.0 Å². The summed E-state index contributed by atoms with van der Waals surface area (Å²) in [5, 5.41) is 0. The van der Waals surface area contributed by atoms with Crippen LogP contribution in [0.4, 0.5) is 0 Å².